The minimum absolute atomic E-state index is 0.148. The Bertz CT molecular complexity index is 859. The predicted molar refractivity (Wildman–Crippen MR) is 107 cm³/mol. The maximum Gasteiger partial charge on any atom is 0.253 e. The fourth-order valence-electron chi connectivity index (χ4n) is 3.02. The van der Waals surface area contributed by atoms with Crippen molar-refractivity contribution in [1.29, 1.82) is 0 Å². The predicted octanol–water partition coefficient (Wildman–Crippen LogP) is 3.96. The third-order valence-electron chi connectivity index (χ3n) is 4.29. The highest BCUT2D eigenvalue weighted by molar-refractivity contribution is 6.31. The van der Waals surface area contributed by atoms with Gasteiger partial charge in [0.2, 0.25) is 0 Å². The first-order valence-electron chi connectivity index (χ1n) is 8.91. The molecule has 0 saturated heterocycles. The largest absolute Gasteiger partial charge is 0.385 e. The van der Waals surface area contributed by atoms with E-state index < -0.39 is 0 Å². The normalized spacial score (nSPS) is 10.7. The van der Waals surface area contributed by atoms with Gasteiger partial charge in [-0.1, -0.05) is 24.9 Å². The smallest absolute Gasteiger partial charge is 0.253 e. The molecular formula is C20H26ClN3O2. The van der Waals surface area contributed by atoms with Gasteiger partial charge in [0.15, 0.2) is 0 Å². The third kappa shape index (κ3) is 4.67. The van der Waals surface area contributed by atoms with Crippen molar-refractivity contribution in [3.63, 3.8) is 0 Å². The first-order valence-corrected chi connectivity index (χ1v) is 9.29. The molecule has 0 fully saturated rings. The van der Waals surface area contributed by atoms with Gasteiger partial charge in [-0.15, -0.1) is 0 Å². The van der Waals surface area contributed by atoms with Gasteiger partial charge in [-0.2, -0.15) is 0 Å². The lowest BCUT2D eigenvalue weighted by Gasteiger charge is -2.14. The van der Waals surface area contributed by atoms with Crippen molar-refractivity contribution in [2.24, 2.45) is 0 Å². The number of aromatic amines is 1. The number of amides is 1. The van der Waals surface area contributed by atoms with Gasteiger partial charge in [-0.25, -0.2) is 0 Å². The van der Waals surface area contributed by atoms with Gasteiger partial charge < -0.3 is 15.6 Å². The van der Waals surface area contributed by atoms with E-state index in [-0.39, 0.29) is 18.0 Å². The average Bonchev–Trinajstić information content (AvgIpc) is 2.57. The summed E-state index contributed by atoms with van der Waals surface area (Å²) in [4.78, 5) is 27.8. The molecule has 0 atom stereocenters. The maximum absolute atomic E-state index is 12.7. The van der Waals surface area contributed by atoms with Crippen LogP contribution in [0.3, 0.4) is 0 Å². The molecule has 0 bridgehead atoms. The number of hydrogen-bond acceptors (Lipinski definition) is 3. The highest BCUT2D eigenvalue weighted by Gasteiger charge is 2.15. The zero-order valence-corrected chi connectivity index (χ0v) is 16.5. The highest BCUT2D eigenvalue weighted by Crippen LogP contribution is 2.25. The van der Waals surface area contributed by atoms with E-state index in [0.717, 1.165) is 41.9 Å². The van der Waals surface area contributed by atoms with E-state index in [2.05, 4.69) is 22.5 Å². The molecule has 1 aromatic heterocycles. The monoisotopic (exact) mass is 375 g/mol. The van der Waals surface area contributed by atoms with Gasteiger partial charge in [0.05, 0.1) is 0 Å². The van der Waals surface area contributed by atoms with Crippen LogP contribution in [0.25, 0.3) is 0 Å². The lowest BCUT2D eigenvalue weighted by atomic mass is 10.0. The number of rotatable bonds is 7. The molecule has 1 heterocycles. The van der Waals surface area contributed by atoms with E-state index in [0.29, 0.717) is 16.1 Å². The summed E-state index contributed by atoms with van der Waals surface area (Å²) < 4.78 is 0. The molecule has 0 aliphatic rings. The summed E-state index contributed by atoms with van der Waals surface area (Å²) in [7, 11) is 0. The number of benzene rings is 1. The molecule has 0 spiro atoms. The molecular weight excluding hydrogens is 350 g/mol. The lowest BCUT2D eigenvalue weighted by Crippen LogP contribution is -2.29. The molecule has 0 unspecified atom stereocenters. The van der Waals surface area contributed by atoms with Crippen molar-refractivity contribution in [1.82, 2.24) is 10.3 Å². The number of aryl methyl sites for hydroxylation is 2. The van der Waals surface area contributed by atoms with E-state index in [9.17, 15) is 9.59 Å². The number of carbonyl (C=O) groups excluding carboxylic acids is 1. The van der Waals surface area contributed by atoms with Crippen LogP contribution in [-0.4, -0.2) is 17.4 Å². The molecule has 0 radical (unpaired) electrons. The minimum atomic E-state index is -0.244. The standard InChI is InChI=1S/C20H26ClN3O2/c1-5-7-14-8-12(3)24-20(26)17(14)11-23-19(25)16-9-15(21)10-18(13(16)4)22-6-2/h8-10,22H,5-7,11H2,1-4H3,(H,23,25)(H,24,26). The lowest BCUT2D eigenvalue weighted by molar-refractivity contribution is 0.0950. The summed E-state index contributed by atoms with van der Waals surface area (Å²) in [5.41, 5.74) is 4.45. The number of carbonyl (C=O) groups is 1. The Balaban J connectivity index is 2.26. The molecule has 6 heteroatoms. The quantitative estimate of drug-likeness (QED) is 0.685. The van der Waals surface area contributed by atoms with Crippen molar-refractivity contribution >= 4 is 23.2 Å². The van der Waals surface area contributed by atoms with Gasteiger partial charge in [0.1, 0.15) is 0 Å². The third-order valence-corrected chi connectivity index (χ3v) is 4.51. The molecule has 5 nitrogen and oxygen atoms in total. The SMILES string of the molecule is CCCc1cc(C)[nH]c(=O)c1CNC(=O)c1cc(Cl)cc(NCC)c1C. The molecule has 0 aliphatic heterocycles. The maximum atomic E-state index is 12.7. The molecule has 140 valence electrons. The summed E-state index contributed by atoms with van der Waals surface area (Å²) in [5, 5.41) is 6.57. The van der Waals surface area contributed by atoms with E-state index >= 15 is 0 Å². The van der Waals surface area contributed by atoms with Gasteiger partial charge in [0.25, 0.3) is 11.5 Å². The molecule has 2 rings (SSSR count). The Morgan fingerprint density at radius 2 is 1.92 bits per heavy atom. The summed E-state index contributed by atoms with van der Waals surface area (Å²) >= 11 is 6.15. The van der Waals surface area contributed by atoms with Crippen molar-refractivity contribution in [3.8, 4) is 0 Å². The van der Waals surface area contributed by atoms with Gasteiger partial charge in [-0.05, 0) is 56.5 Å². The van der Waals surface area contributed by atoms with Crippen LogP contribution in [0.1, 0.15) is 53.0 Å². The fraction of sp³-hybridized carbons (Fsp3) is 0.400. The van der Waals surface area contributed by atoms with Crippen molar-refractivity contribution < 1.29 is 4.79 Å². The summed E-state index contributed by atoms with van der Waals surface area (Å²) in [6.07, 6.45) is 1.74. The van der Waals surface area contributed by atoms with Gasteiger partial charge >= 0.3 is 0 Å². The zero-order valence-electron chi connectivity index (χ0n) is 15.8. The molecule has 2 aromatic rings. The Hall–Kier alpha value is -2.27. The highest BCUT2D eigenvalue weighted by atomic mass is 35.5. The van der Waals surface area contributed by atoms with E-state index in [4.69, 9.17) is 11.6 Å². The van der Waals surface area contributed by atoms with Gasteiger partial charge in [0, 0.05) is 40.6 Å². The fourth-order valence-corrected chi connectivity index (χ4v) is 3.24. The second-order valence-electron chi connectivity index (χ2n) is 6.37. The summed E-state index contributed by atoms with van der Waals surface area (Å²) in [6, 6.07) is 5.43. The van der Waals surface area contributed by atoms with Crippen LogP contribution in [0.15, 0.2) is 23.0 Å². The second kappa shape index (κ2) is 8.90. The number of halogens is 1. The van der Waals surface area contributed by atoms with Crippen molar-refractivity contribution in [2.45, 2.75) is 47.1 Å². The zero-order chi connectivity index (χ0) is 19.3. The number of nitrogens with one attached hydrogen (secondary N) is 3. The minimum Gasteiger partial charge on any atom is -0.385 e. The Labute approximate surface area is 159 Å². The number of aromatic nitrogens is 1. The van der Waals surface area contributed by atoms with E-state index in [1.165, 1.54) is 0 Å². The number of pyridine rings is 1. The Morgan fingerprint density at radius 3 is 2.58 bits per heavy atom. The first kappa shape index (κ1) is 20.0. The summed E-state index contributed by atoms with van der Waals surface area (Å²) in [6.45, 7) is 8.72. The number of anilines is 1. The summed E-state index contributed by atoms with van der Waals surface area (Å²) in [5.74, 6) is -0.244. The number of hydrogen-bond donors (Lipinski definition) is 3. The van der Waals surface area contributed by atoms with Crippen LogP contribution in [0.5, 0.6) is 0 Å². The van der Waals surface area contributed by atoms with Gasteiger partial charge in [-0.3, -0.25) is 9.59 Å². The Kier molecular flexibility index (Phi) is 6.86. The van der Waals surface area contributed by atoms with Crippen LogP contribution in [0, 0.1) is 13.8 Å². The molecule has 0 aliphatic carbocycles. The van der Waals surface area contributed by atoms with Crippen LogP contribution in [0.2, 0.25) is 5.02 Å². The molecule has 26 heavy (non-hydrogen) atoms. The van der Waals surface area contributed by atoms with E-state index in [1.54, 1.807) is 12.1 Å². The topological polar surface area (TPSA) is 74.0 Å². The number of H-pyrrole nitrogens is 1. The molecule has 1 amide bonds. The van der Waals surface area contributed by atoms with Crippen LogP contribution < -0.4 is 16.2 Å². The van der Waals surface area contributed by atoms with Crippen molar-refractivity contribution in [3.05, 3.63) is 61.5 Å². The molecule has 3 N–H and O–H groups in total. The molecule has 0 saturated carbocycles. The average molecular weight is 376 g/mol. The molecule has 1 aromatic carbocycles. The van der Waals surface area contributed by atoms with Crippen molar-refractivity contribution in [2.75, 3.05) is 11.9 Å². The first-order chi connectivity index (χ1) is 12.4. The van der Waals surface area contributed by atoms with Crippen LogP contribution in [0.4, 0.5) is 5.69 Å². The van der Waals surface area contributed by atoms with Crippen LogP contribution >= 0.6 is 11.6 Å². The second-order valence-corrected chi connectivity index (χ2v) is 6.81. The Morgan fingerprint density at radius 1 is 1.19 bits per heavy atom. The van der Waals surface area contributed by atoms with Crippen LogP contribution in [-0.2, 0) is 13.0 Å². The van der Waals surface area contributed by atoms with E-state index in [1.807, 2.05) is 26.8 Å².